The summed E-state index contributed by atoms with van der Waals surface area (Å²) in [4.78, 5) is 22.4. The maximum Gasteiger partial charge on any atom is 0.251 e. The summed E-state index contributed by atoms with van der Waals surface area (Å²) in [5.74, 6) is 0.295. The van der Waals surface area contributed by atoms with Gasteiger partial charge >= 0.3 is 0 Å². The van der Waals surface area contributed by atoms with Crippen molar-refractivity contribution in [2.75, 3.05) is 20.6 Å². The van der Waals surface area contributed by atoms with Crippen LogP contribution in [0.4, 0.5) is 0 Å². The lowest BCUT2D eigenvalue weighted by atomic mass is 10.1. The Morgan fingerprint density at radius 3 is 2.96 bits per heavy atom. The van der Waals surface area contributed by atoms with Gasteiger partial charge in [-0.2, -0.15) is 0 Å². The van der Waals surface area contributed by atoms with Crippen molar-refractivity contribution in [3.8, 4) is 5.88 Å². The number of ether oxygens (including phenoxy) is 1. The Bertz CT molecular complexity index is 706. The molecule has 6 heteroatoms. The minimum Gasteiger partial charge on any atom is -0.473 e. The number of rotatable bonds is 10. The molecule has 0 aromatic carbocycles. The SMILES string of the molecule is C=CCC[C@@H](CN(C)Cc1cccnc1)Oc1cc(C(=O)NC)ccn1. The first-order valence-electron chi connectivity index (χ1n) is 8.65. The summed E-state index contributed by atoms with van der Waals surface area (Å²) in [5.41, 5.74) is 1.68. The van der Waals surface area contributed by atoms with Gasteiger partial charge in [-0.25, -0.2) is 4.98 Å². The molecular weight excluding hydrogens is 328 g/mol. The summed E-state index contributed by atoms with van der Waals surface area (Å²) in [7, 11) is 3.65. The first-order chi connectivity index (χ1) is 12.6. The second-order valence-electron chi connectivity index (χ2n) is 6.13. The van der Waals surface area contributed by atoms with Gasteiger partial charge in [0.2, 0.25) is 5.88 Å². The average molecular weight is 354 g/mol. The number of hydrogen-bond donors (Lipinski definition) is 1. The molecule has 26 heavy (non-hydrogen) atoms. The molecule has 2 heterocycles. The van der Waals surface area contributed by atoms with Gasteiger partial charge in [-0.1, -0.05) is 12.1 Å². The number of carbonyl (C=O) groups excluding carboxylic acids is 1. The first kappa shape index (κ1) is 19.6. The number of nitrogens with zero attached hydrogens (tertiary/aromatic N) is 3. The molecule has 6 nitrogen and oxygen atoms in total. The number of aromatic nitrogens is 2. The van der Waals surface area contributed by atoms with E-state index in [9.17, 15) is 4.79 Å². The van der Waals surface area contributed by atoms with Crippen LogP contribution in [0.15, 0.2) is 55.5 Å². The van der Waals surface area contributed by atoms with Crippen molar-refractivity contribution < 1.29 is 9.53 Å². The molecule has 2 aromatic rings. The van der Waals surface area contributed by atoms with Crippen LogP contribution in [0.2, 0.25) is 0 Å². The van der Waals surface area contributed by atoms with Crippen LogP contribution in [-0.4, -0.2) is 47.5 Å². The van der Waals surface area contributed by atoms with Crippen LogP contribution in [0.25, 0.3) is 0 Å². The number of amides is 1. The fraction of sp³-hybridized carbons (Fsp3) is 0.350. The quantitative estimate of drug-likeness (QED) is 0.665. The largest absolute Gasteiger partial charge is 0.473 e. The van der Waals surface area contributed by atoms with Crippen LogP contribution in [-0.2, 0) is 6.54 Å². The highest BCUT2D eigenvalue weighted by atomic mass is 16.5. The van der Waals surface area contributed by atoms with Gasteiger partial charge in [0.1, 0.15) is 6.10 Å². The standard InChI is InChI=1S/C20H26N4O2/c1-4-5-8-18(15-24(3)14-16-7-6-10-22-13-16)26-19-12-17(9-11-23-19)20(25)21-2/h4,6-7,9-13,18H,1,5,8,14-15H2,2-3H3,(H,21,25)/t18-/m0/s1. The third kappa shape index (κ3) is 6.29. The van der Waals surface area contributed by atoms with Crippen LogP contribution in [0, 0.1) is 0 Å². The summed E-state index contributed by atoms with van der Waals surface area (Å²) in [6.45, 7) is 5.30. The van der Waals surface area contributed by atoms with E-state index in [2.05, 4.69) is 32.8 Å². The molecule has 0 unspecified atom stereocenters. The third-order valence-electron chi connectivity index (χ3n) is 3.89. The lowest BCUT2D eigenvalue weighted by Crippen LogP contribution is -2.33. The van der Waals surface area contributed by atoms with Crippen LogP contribution >= 0.6 is 0 Å². The molecule has 0 fully saturated rings. The summed E-state index contributed by atoms with van der Waals surface area (Å²) < 4.78 is 6.06. The topological polar surface area (TPSA) is 67.4 Å². The Labute approximate surface area is 154 Å². The van der Waals surface area contributed by atoms with Crippen molar-refractivity contribution in [3.63, 3.8) is 0 Å². The molecule has 1 N–H and O–H groups in total. The average Bonchev–Trinajstić information content (AvgIpc) is 2.66. The summed E-state index contributed by atoms with van der Waals surface area (Å²) >= 11 is 0. The highest BCUT2D eigenvalue weighted by Crippen LogP contribution is 2.15. The number of allylic oxidation sites excluding steroid dienone is 1. The van der Waals surface area contributed by atoms with E-state index in [1.165, 1.54) is 0 Å². The van der Waals surface area contributed by atoms with Crippen molar-refractivity contribution >= 4 is 5.91 Å². The van der Waals surface area contributed by atoms with Crippen molar-refractivity contribution in [2.24, 2.45) is 0 Å². The Morgan fingerprint density at radius 2 is 2.27 bits per heavy atom. The van der Waals surface area contributed by atoms with Gasteiger partial charge in [-0.05, 0) is 37.6 Å². The summed E-state index contributed by atoms with van der Waals surface area (Å²) in [6, 6.07) is 7.32. The van der Waals surface area contributed by atoms with Crippen LogP contribution in [0.1, 0.15) is 28.8 Å². The van der Waals surface area contributed by atoms with E-state index in [4.69, 9.17) is 4.74 Å². The van der Waals surface area contributed by atoms with Gasteiger partial charge in [-0.3, -0.25) is 14.7 Å². The molecule has 0 saturated carbocycles. The predicted octanol–water partition coefficient (Wildman–Crippen LogP) is 2.68. The second kappa shape index (κ2) is 10.3. The molecule has 1 amide bonds. The Morgan fingerprint density at radius 1 is 1.42 bits per heavy atom. The van der Waals surface area contributed by atoms with Gasteiger partial charge in [0.15, 0.2) is 0 Å². The predicted molar refractivity (Wildman–Crippen MR) is 102 cm³/mol. The second-order valence-corrected chi connectivity index (χ2v) is 6.13. The van der Waals surface area contributed by atoms with Gasteiger partial charge in [0.05, 0.1) is 0 Å². The maximum absolute atomic E-state index is 11.8. The Balaban J connectivity index is 2.02. The zero-order valence-corrected chi connectivity index (χ0v) is 15.4. The highest BCUT2D eigenvalue weighted by molar-refractivity contribution is 5.94. The minimum atomic E-state index is -0.159. The van der Waals surface area contributed by atoms with E-state index in [0.717, 1.165) is 31.5 Å². The van der Waals surface area contributed by atoms with E-state index >= 15 is 0 Å². The van der Waals surface area contributed by atoms with E-state index in [1.807, 2.05) is 25.4 Å². The third-order valence-corrected chi connectivity index (χ3v) is 3.89. The smallest absolute Gasteiger partial charge is 0.251 e. The Hall–Kier alpha value is -2.73. The molecule has 0 aliphatic carbocycles. The minimum absolute atomic E-state index is 0.0536. The van der Waals surface area contributed by atoms with E-state index in [0.29, 0.717) is 11.4 Å². The summed E-state index contributed by atoms with van der Waals surface area (Å²) in [5, 5.41) is 2.61. The highest BCUT2D eigenvalue weighted by Gasteiger charge is 2.15. The molecule has 2 aromatic heterocycles. The van der Waals surface area contributed by atoms with Crippen molar-refractivity contribution in [2.45, 2.75) is 25.5 Å². The van der Waals surface area contributed by atoms with Crippen molar-refractivity contribution in [1.29, 1.82) is 0 Å². The molecule has 0 aliphatic heterocycles. The monoisotopic (exact) mass is 354 g/mol. The summed E-state index contributed by atoms with van der Waals surface area (Å²) in [6.07, 6.45) is 8.72. The van der Waals surface area contributed by atoms with Crippen LogP contribution < -0.4 is 10.1 Å². The van der Waals surface area contributed by atoms with E-state index < -0.39 is 0 Å². The zero-order valence-electron chi connectivity index (χ0n) is 15.4. The van der Waals surface area contributed by atoms with Gasteiger partial charge in [-0.15, -0.1) is 6.58 Å². The number of carbonyl (C=O) groups is 1. The number of hydrogen-bond acceptors (Lipinski definition) is 5. The molecule has 0 bridgehead atoms. The van der Waals surface area contributed by atoms with Crippen molar-refractivity contribution in [1.82, 2.24) is 20.2 Å². The maximum atomic E-state index is 11.8. The van der Waals surface area contributed by atoms with Gasteiger partial charge in [0.25, 0.3) is 5.91 Å². The first-order valence-corrected chi connectivity index (χ1v) is 8.65. The fourth-order valence-electron chi connectivity index (χ4n) is 2.64. The van der Waals surface area contributed by atoms with E-state index in [1.54, 1.807) is 31.6 Å². The fourth-order valence-corrected chi connectivity index (χ4v) is 2.64. The lowest BCUT2D eigenvalue weighted by molar-refractivity contribution is 0.0960. The molecule has 2 rings (SSSR count). The molecular formula is C20H26N4O2. The Kier molecular flexibility index (Phi) is 7.76. The molecule has 0 saturated heterocycles. The van der Waals surface area contributed by atoms with Gasteiger partial charge in [0, 0.05) is 50.4 Å². The molecule has 0 aliphatic rings. The zero-order chi connectivity index (χ0) is 18.8. The number of likely N-dealkylation sites (N-methyl/N-ethyl adjacent to an activating group) is 1. The molecule has 1 atom stereocenters. The molecule has 0 radical (unpaired) electrons. The van der Waals surface area contributed by atoms with Gasteiger partial charge < -0.3 is 10.1 Å². The van der Waals surface area contributed by atoms with Crippen LogP contribution in [0.5, 0.6) is 5.88 Å². The molecule has 0 spiro atoms. The van der Waals surface area contributed by atoms with E-state index in [-0.39, 0.29) is 12.0 Å². The number of nitrogens with one attached hydrogen (secondary N) is 1. The van der Waals surface area contributed by atoms with Crippen molar-refractivity contribution in [3.05, 3.63) is 66.6 Å². The molecule has 138 valence electrons. The normalized spacial score (nSPS) is 11.8. The van der Waals surface area contributed by atoms with Crippen LogP contribution in [0.3, 0.4) is 0 Å². The lowest BCUT2D eigenvalue weighted by Gasteiger charge is -2.24. The number of pyridine rings is 2.